The van der Waals surface area contributed by atoms with Crippen molar-refractivity contribution in [1.29, 1.82) is 0 Å². The number of hydrogen-bond donors (Lipinski definition) is 1. The third-order valence-corrected chi connectivity index (χ3v) is 3.76. The molecular formula is C15H24N2O. The zero-order chi connectivity index (χ0) is 13.1. The third kappa shape index (κ3) is 2.61. The molecule has 1 aliphatic heterocycles. The predicted octanol–water partition coefficient (Wildman–Crippen LogP) is 2.44. The highest BCUT2D eigenvalue weighted by Gasteiger charge is 2.25. The molecule has 3 heteroatoms. The van der Waals surface area contributed by atoms with Gasteiger partial charge in [-0.15, -0.1) is 0 Å². The average Bonchev–Trinajstić information content (AvgIpc) is 2.38. The summed E-state index contributed by atoms with van der Waals surface area (Å²) in [4.78, 5) is 2.52. The van der Waals surface area contributed by atoms with Crippen molar-refractivity contribution in [2.45, 2.75) is 26.8 Å². The van der Waals surface area contributed by atoms with E-state index in [2.05, 4.69) is 49.2 Å². The molecule has 1 aliphatic rings. The summed E-state index contributed by atoms with van der Waals surface area (Å²) in [6, 6.07) is 7.06. The number of aryl methyl sites for hydroxylation is 1. The molecule has 1 aromatic carbocycles. The van der Waals surface area contributed by atoms with Crippen LogP contribution in [0.25, 0.3) is 0 Å². The van der Waals surface area contributed by atoms with Crippen molar-refractivity contribution in [3.63, 3.8) is 0 Å². The van der Waals surface area contributed by atoms with Crippen LogP contribution in [0.5, 0.6) is 5.75 Å². The van der Waals surface area contributed by atoms with Gasteiger partial charge in [0.25, 0.3) is 0 Å². The van der Waals surface area contributed by atoms with Crippen molar-refractivity contribution in [1.82, 2.24) is 5.32 Å². The molecule has 1 saturated heterocycles. The van der Waals surface area contributed by atoms with Crippen LogP contribution in [-0.2, 0) is 0 Å². The van der Waals surface area contributed by atoms with Crippen molar-refractivity contribution < 1.29 is 4.74 Å². The van der Waals surface area contributed by atoms with Crippen LogP contribution in [0.3, 0.4) is 0 Å². The van der Waals surface area contributed by atoms with E-state index in [9.17, 15) is 0 Å². The van der Waals surface area contributed by atoms with E-state index in [0.717, 1.165) is 25.4 Å². The molecule has 0 radical (unpaired) electrons. The first-order valence-electron chi connectivity index (χ1n) is 6.75. The predicted molar refractivity (Wildman–Crippen MR) is 76.6 cm³/mol. The van der Waals surface area contributed by atoms with Crippen LogP contribution >= 0.6 is 0 Å². The minimum absolute atomic E-state index is 0.576. The SMILES string of the molecule is COc1ccc(N2CCNCC2C(C)C)cc1C. The quantitative estimate of drug-likeness (QED) is 0.889. The molecule has 100 valence electrons. The summed E-state index contributed by atoms with van der Waals surface area (Å²) in [6.07, 6.45) is 0. The molecule has 0 aromatic heterocycles. The third-order valence-electron chi connectivity index (χ3n) is 3.76. The molecule has 1 heterocycles. The van der Waals surface area contributed by atoms with Crippen LogP contribution in [-0.4, -0.2) is 32.8 Å². The molecule has 18 heavy (non-hydrogen) atoms. The average molecular weight is 248 g/mol. The fourth-order valence-corrected chi connectivity index (χ4v) is 2.68. The van der Waals surface area contributed by atoms with E-state index in [1.165, 1.54) is 11.3 Å². The first-order valence-corrected chi connectivity index (χ1v) is 6.75. The summed E-state index contributed by atoms with van der Waals surface area (Å²) in [5, 5.41) is 3.49. The van der Waals surface area contributed by atoms with E-state index in [1.807, 2.05) is 0 Å². The van der Waals surface area contributed by atoms with Gasteiger partial charge in [-0.05, 0) is 36.6 Å². The minimum atomic E-state index is 0.576. The molecule has 0 amide bonds. The van der Waals surface area contributed by atoms with Crippen molar-refractivity contribution in [3.8, 4) is 5.75 Å². The number of nitrogens with one attached hydrogen (secondary N) is 1. The van der Waals surface area contributed by atoms with Gasteiger partial charge in [0.2, 0.25) is 0 Å². The van der Waals surface area contributed by atoms with Crippen molar-refractivity contribution in [2.75, 3.05) is 31.6 Å². The number of rotatable bonds is 3. The number of benzene rings is 1. The first kappa shape index (κ1) is 13.2. The molecule has 1 aromatic rings. The number of hydrogen-bond acceptors (Lipinski definition) is 3. The van der Waals surface area contributed by atoms with Crippen molar-refractivity contribution in [2.24, 2.45) is 5.92 Å². The van der Waals surface area contributed by atoms with Crippen molar-refractivity contribution in [3.05, 3.63) is 23.8 Å². The van der Waals surface area contributed by atoms with Crippen LogP contribution in [0, 0.1) is 12.8 Å². The summed E-state index contributed by atoms with van der Waals surface area (Å²) in [6.45, 7) is 9.91. The zero-order valence-corrected chi connectivity index (χ0v) is 11.9. The Labute approximate surface area is 110 Å². The van der Waals surface area contributed by atoms with E-state index in [-0.39, 0.29) is 0 Å². The van der Waals surface area contributed by atoms with E-state index >= 15 is 0 Å². The maximum atomic E-state index is 5.33. The highest BCUT2D eigenvalue weighted by atomic mass is 16.5. The molecule has 0 spiro atoms. The Bertz CT molecular complexity index is 403. The molecule has 1 atom stereocenters. The maximum absolute atomic E-state index is 5.33. The Hall–Kier alpha value is -1.22. The topological polar surface area (TPSA) is 24.5 Å². The van der Waals surface area contributed by atoms with Gasteiger partial charge in [-0.25, -0.2) is 0 Å². The molecule has 3 nitrogen and oxygen atoms in total. The first-order chi connectivity index (χ1) is 8.63. The van der Waals surface area contributed by atoms with Gasteiger partial charge in [0, 0.05) is 31.4 Å². The van der Waals surface area contributed by atoms with Gasteiger partial charge < -0.3 is 15.0 Å². The number of methoxy groups -OCH3 is 1. The summed E-state index contributed by atoms with van der Waals surface area (Å²) in [5.74, 6) is 1.62. The Morgan fingerprint density at radius 2 is 2.17 bits per heavy atom. The van der Waals surface area contributed by atoms with Gasteiger partial charge in [-0.2, -0.15) is 0 Å². The lowest BCUT2D eigenvalue weighted by Gasteiger charge is -2.40. The molecule has 2 rings (SSSR count). The lowest BCUT2D eigenvalue weighted by atomic mass is 9.99. The van der Waals surface area contributed by atoms with E-state index in [0.29, 0.717) is 12.0 Å². The minimum Gasteiger partial charge on any atom is -0.496 e. The molecule has 1 fully saturated rings. The second kappa shape index (κ2) is 5.61. The normalized spacial score (nSPS) is 20.3. The molecule has 1 unspecified atom stereocenters. The maximum Gasteiger partial charge on any atom is 0.121 e. The highest BCUT2D eigenvalue weighted by Crippen LogP contribution is 2.27. The van der Waals surface area contributed by atoms with E-state index in [4.69, 9.17) is 4.74 Å². The zero-order valence-electron chi connectivity index (χ0n) is 11.9. The Balaban J connectivity index is 2.25. The van der Waals surface area contributed by atoms with Gasteiger partial charge in [0.05, 0.1) is 7.11 Å². The fourth-order valence-electron chi connectivity index (χ4n) is 2.68. The van der Waals surface area contributed by atoms with Gasteiger partial charge in [0.1, 0.15) is 5.75 Å². The largest absolute Gasteiger partial charge is 0.496 e. The Morgan fingerprint density at radius 1 is 1.39 bits per heavy atom. The fraction of sp³-hybridized carbons (Fsp3) is 0.600. The van der Waals surface area contributed by atoms with E-state index in [1.54, 1.807) is 7.11 Å². The molecule has 0 aliphatic carbocycles. The van der Waals surface area contributed by atoms with Crippen LogP contribution in [0.15, 0.2) is 18.2 Å². The molecule has 1 N–H and O–H groups in total. The summed E-state index contributed by atoms with van der Waals surface area (Å²) in [7, 11) is 1.73. The second-order valence-corrected chi connectivity index (χ2v) is 5.36. The Morgan fingerprint density at radius 3 is 2.78 bits per heavy atom. The second-order valence-electron chi connectivity index (χ2n) is 5.36. The monoisotopic (exact) mass is 248 g/mol. The van der Waals surface area contributed by atoms with Gasteiger partial charge in [-0.1, -0.05) is 13.8 Å². The van der Waals surface area contributed by atoms with Gasteiger partial charge >= 0.3 is 0 Å². The van der Waals surface area contributed by atoms with Crippen LogP contribution in [0.4, 0.5) is 5.69 Å². The van der Waals surface area contributed by atoms with Crippen LogP contribution in [0.2, 0.25) is 0 Å². The van der Waals surface area contributed by atoms with Gasteiger partial charge in [-0.3, -0.25) is 0 Å². The Kier molecular flexibility index (Phi) is 4.12. The number of piperazine rings is 1. The van der Waals surface area contributed by atoms with Crippen LogP contribution < -0.4 is 15.0 Å². The molecular weight excluding hydrogens is 224 g/mol. The summed E-state index contributed by atoms with van der Waals surface area (Å²) < 4.78 is 5.33. The highest BCUT2D eigenvalue weighted by molar-refractivity contribution is 5.54. The van der Waals surface area contributed by atoms with E-state index < -0.39 is 0 Å². The van der Waals surface area contributed by atoms with Crippen molar-refractivity contribution >= 4 is 5.69 Å². The number of nitrogens with zero attached hydrogens (tertiary/aromatic N) is 1. The smallest absolute Gasteiger partial charge is 0.121 e. The molecule has 0 saturated carbocycles. The number of anilines is 1. The summed E-state index contributed by atoms with van der Waals surface area (Å²) in [5.41, 5.74) is 2.52. The standard InChI is InChI=1S/C15H24N2O/c1-11(2)14-10-16-7-8-17(14)13-5-6-15(18-4)12(3)9-13/h5-6,9,11,14,16H,7-8,10H2,1-4H3. The molecule has 0 bridgehead atoms. The van der Waals surface area contributed by atoms with Gasteiger partial charge in [0.15, 0.2) is 0 Å². The van der Waals surface area contributed by atoms with Crippen LogP contribution in [0.1, 0.15) is 19.4 Å². The number of ether oxygens (including phenoxy) is 1. The summed E-state index contributed by atoms with van der Waals surface area (Å²) >= 11 is 0. The lowest BCUT2D eigenvalue weighted by Crippen LogP contribution is -2.53. The lowest BCUT2D eigenvalue weighted by molar-refractivity contribution is 0.389.